The molecule has 2 aromatic carbocycles. The molecule has 1 fully saturated rings. The zero-order valence-corrected chi connectivity index (χ0v) is 15.0. The van der Waals surface area contributed by atoms with Gasteiger partial charge in [0.15, 0.2) is 11.5 Å². The lowest BCUT2D eigenvalue weighted by Crippen LogP contribution is -2.46. The predicted octanol–water partition coefficient (Wildman–Crippen LogP) is 3.33. The molecular formula is C19H21N3O2S. The van der Waals surface area contributed by atoms with Gasteiger partial charge < -0.3 is 14.7 Å². The maximum absolute atomic E-state index is 10.3. The molecule has 0 radical (unpaired) electrons. The summed E-state index contributed by atoms with van der Waals surface area (Å²) in [4.78, 5) is 4.72. The van der Waals surface area contributed by atoms with Crippen molar-refractivity contribution in [3.05, 3.63) is 48.0 Å². The van der Waals surface area contributed by atoms with Gasteiger partial charge in [-0.1, -0.05) is 24.3 Å². The number of benzene rings is 2. The van der Waals surface area contributed by atoms with E-state index in [9.17, 15) is 5.11 Å². The van der Waals surface area contributed by atoms with E-state index in [1.165, 1.54) is 10.1 Å². The molecule has 1 aromatic heterocycles. The SMILES string of the molecule is COc1cccc(CN2CCN(c3nsc4ccccc34)CC2)c1O. The Bertz CT molecular complexity index is 872. The van der Waals surface area contributed by atoms with Crippen LogP contribution in [0.15, 0.2) is 42.5 Å². The Balaban J connectivity index is 1.43. The normalized spacial score (nSPS) is 15.6. The van der Waals surface area contributed by atoms with Gasteiger partial charge in [0, 0.05) is 43.7 Å². The fraction of sp³-hybridized carbons (Fsp3) is 0.316. The fourth-order valence-electron chi connectivity index (χ4n) is 3.32. The summed E-state index contributed by atoms with van der Waals surface area (Å²) in [5.74, 6) is 1.88. The van der Waals surface area contributed by atoms with Crippen LogP contribution >= 0.6 is 11.5 Å². The zero-order valence-electron chi connectivity index (χ0n) is 14.2. The standard InChI is InChI=1S/C19H21N3O2S/c1-24-16-7-4-5-14(18(16)23)13-21-9-11-22(12-10-21)19-15-6-2-3-8-17(15)25-20-19/h2-8,23H,9-13H2,1H3. The van der Waals surface area contributed by atoms with Gasteiger partial charge >= 0.3 is 0 Å². The highest BCUT2D eigenvalue weighted by Gasteiger charge is 2.21. The third-order valence-electron chi connectivity index (χ3n) is 4.73. The highest BCUT2D eigenvalue weighted by Crippen LogP contribution is 2.32. The van der Waals surface area contributed by atoms with Gasteiger partial charge in [0.25, 0.3) is 0 Å². The van der Waals surface area contributed by atoms with E-state index in [4.69, 9.17) is 4.74 Å². The molecule has 0 aliphatic carbocycles. The maximum atomic E-state index is 10.3. The summed E-state index contributed by atoms with van der Waals surface area (Å²) in [7, 11) is 1.58. The number of para-hydroxylation sites is 1. The van der Waals surface area contributed by atoms with Crippen molar-refractivity contribution in [3.63, 3.8) is 0 Å². The minimum atomic E-state index is 0.248. The number of nitrogens with zero attached hydrogens (tertiary/aromatic N) is 3. The van der Waals surface area contributed by atoms with Crippen LogP contribution in [0.1, 0.15) is 5.56 Å². The van der Waals surface area contributed by atoms with Gasteiger partial charge in [-0.2, -0.15) is 4.37 Å². The van der Waals surface area contributed by atoms with Crippen LogP contribution in [0.3, 0.4) is 0 Å². The summed E-state index contributed by atoms with van der Waals surface area (Å²) in [5.41, 5.74) is 0.909. The molecule has 0 unspecified atom stereocenters. The number of hydrogen-bond acceptors (Lipinski definition) is 6. The maximum Gasteiger partial charge on any atom is 0.162 e. The summed E-state index contributed by atoms with van der Waals surface area (Å²) >= 11 is 1.56. The number of hydrogen-bond donors (Lipinski definition) is 1. The molecule has 1 saturated heterocycles. The lowest BCUT2D eigenvalue weighted by atomic mass is 10.1. The number of anilines is 1. The van der Waals surface area contributed by atoms with Crippen LogP contribution in [0.5, 0.6) is 11.5 Å². The van der Waals surface area contributed by atoms with E-state index >= 15 is 0 Å². The molecule has 0 amide bonds. The van der Waals surface area contributed by atoms with Gasteiger partial charge in [0.2, 0.25) is 0 Å². The average molecular weight is 355 g/mol. The first-order valence-corrected chi connectivity index (χ1v) is 9.20. The lowest BCUT2D eigenvalue weighted by Gasteiger charge is -2.35. The smallest absolute Gasteiger partial charge is 0.162 e. The van der Waals surface area contributed by atoms with Crippen LogP contribution in [0, 0.1) is 0 Å². The van der Waals surface area contributed by atoms with Crippen molar-refractivity contribution in [1.82, 2.24) is 9.27 Å². The third-order valence-corrected chi connectivity index (χ3v) is 5.54. The summed E-state index contributed by atoms with van der Waals surface area (Å²) in [6.45, 7) is 4.51. The molecular weight excluding hydrogens is 334 g/mol. The number of ether oxygens (including phenoxy) is 1. The van der Waals surface area contributed by atoms with Gasteiger partial charge in [-0.25, -0.2) is 0 Å². The predicted molar refractivity (Wildman–Crippen MR) is 102 cm³/mol. The Morgan fingerprint density at radius 3 is 2.68 bits per heavy atom. The summed E-state index contributed by atoms with van der Waals surface area (Å²) in [5, 5.41) is 11.5. The van der Waals surface area contributed by atoms with E-state index in [2.05, 4.69) is 38.4 Å². The Labute approximate surface area is 151 Å². The fourth-order valence-corrected chi connectivity index (χ4v) is 4.12. The summed E-state index contributed by atoms with van der Waals surface area (Å²) in [6, 6.07) is 14.1. The third kappa shape index (κ3) is 3.15. The quantitative estimate of drug-likeness (QED) is 0.778. The molecule has 1 aliphatic rings. The van der Waals surface area contributed by atoms with Crippen LogP contribution in [0.4, 0.5) is 5.82 Å². The van der Waals surface area contributed by atoms with Crippen molar-refractivity contribution < 1.29 is 9.84 Å². The van der Waals surface area contributed by atoms with E-state index < -0.39 is 0 Å². The topological polar surface area (TPSA) is 48.8 Å². The molecule has 0 atom stereocenters. The van der Waals surface area contributed by atoms with E-state index in [-0.39, 0.29) is 5.75 Å². The Kier molecular flexibility index (Phi) is 4.46. The molecule has 1 aliphatic heterocycles. The van der Waals surface area contributed by atoms with Crippen molar-refractivity contribution in [2.45, 2.75) is 6.54 Å². The van der Waals surface area contributed by atoms with Crippen LogP contribution in [-0.4, -0.2) is 47.7 Å². The van der Waals surface area contributed by atoms with E-state index in [1.807, 2.05) is 12.1 Å². The van der Waals surface area contributed by atoms with E-state index in [1.54, 1.807) is 24.7 Å². The number of rotatable bonds is 4. The van der Waals surface area contributed by atoms with Crippen molar-refractivity contribution in [2.75, 3.05) is 38.2 Å². The first kappa shape index (κ1) is 16.2. The highest BCUT2D eigenvalue weighted by atomic mass is 32.1. The number of aromatic hydroxyl groups is 1. The number of phenolic OH excluding ortho intramolecular Hbond substituents is 1. The first-order chi connectivity index (χ1) is 12.3. The second-order valence-electron chi connectivity index (χ2n) is 6.23. The van der Waals surface area contributed by atoms with E-state index in [0.29, 0.717) is 5.75 Å². The largest absolute Gasteiger partial charge is 0.504 e. The second kappa shape index (κ2) is 6.90. The number of fused-ring (bicyclic) bond motifs is 1. The van der Waals surface area contributed by atoms with Crippen LogP contribution in [0.2, 0.25) is 0 Å². The van der Waals surface area contributed by atoms with Gasteiger partial charge in [-0.15, -0.1) is 0 Å². The zero-order chi connectivity index (χ0) is 17.2. The molecule has 2 heterocycles. The second-order valence-corrected chi connectivity index (χ2v) is 7.04. The molecule has 4 rings (SSSR count). The van der Waals surface area contributed by atoms with Crippen LogP contribution < -0.4 is 9.64 Å². The highest BCUT2D eigenvalue weighted by molar-refractivity contribution is 7.13. The molecule has 3 aromatic rings. The van der Waals surface area contributed by atoms with Gasteiger partial charge in [0.05, 0.1) is 11.8 Å². The number of piperazine rings is 1. The number of methoxy groups -OCH3 is 1. The van der Waals surface area contributed by atoms with Crippen molar-refractivity contribution in [1.29, 1.82) is 0 Å². The van der Waals surface area contributed by atoms with E-state index in [0.717, 1.165) is 44.1 Å². The summed E-state index contributed by atoms with van der Waals surface area (Å²) < 4.78 is 11.1. The molecule has 0 saturated carbocycles. The lowest BCUT2D eigenvalue weighted by molar-refractivity contribution is 0.245. The molecule has 130 valence electrons. The van der Waals surface area contributed by atoms with Gasteiger partial charge in [0.1, 0.15) is 5.82 Å². The number of aromatic nitrogens is 1. The Morgan fingerprint density at radius 1 is 1.08 bits per heavy atom. The van der Waals surface area contributed by atoms with Gasteiger partial charge in [-0.3, -0.25) is 4.90 Å². The average Bonchev–Trinajstić information content (AvgIpc) is 3.08. The monoisotopic (exact) mass is 355 g/mol. The van der Waals surface area contributed by atoms with Crippen LogP contribution in [0.25, 0.3) is 10.1 Å². The molecule has 5 nitrogen and oxygen atoms in total. The van der Waals surface area contributed by atoms with Crippen molar-refractivity contribution in [3.8, 4) is 11.5 Å². The van der Waals surface area contributed by atoms with Crippen molar-refractivity contribution in [2.24, 2.45) is 0 Å². The molecule has 6 heteroatoms. The molecule has 0 bridgehead atoms. The summed E-state index contributed by atoms with van der Waals surface area (Å²) in [6.07, 6.45) is 0. The molecule has 25 heavy (non-hydrogen) atoms. The van der Waals surface area contributed by atoms with Crippen molar-refractivity contribution >= 4 is 27.4 Å². The first-order valence-electron chi connectivity index (χ1n) is 8.43. The van der Waals surface area contributed by atoms with Crippen LogP contribution in [-0.2, 0) is 6.54 Å². The number of phenols is 1. The minimum Gasteiger partial charge on any atom is -0.504 e. The van der Waals surface area contributed by atoms with Gasteiger partial charge in [-0.05, 0) is 29.7 Å². The molecule has 1 N–H and O–H groups in total. The Hall–Kier alpha value is -2.31. The molecule has 0 spiro atoms. The Morgan fingerprint density at radius 2 is 1.88 bits per heavy atom. The minimum absolute atomic E-state index is 0.248.